The largest absolute Gasteiger partial charge is 0.447 e. The zero-order valence-corrected chi connectivity index (χ0v) is 22.9. The van der Waals surface area contributed by atoms with E-state index in [1.54, 1.807) is 36.7 Å². The van der Waals surface area contributed by atoms with Crippen LogP contribution < -0.4 is 20.9 Å². The van der Waals surface area contributed by atoms with Crippen molar-refractivity contribution in [1.82, 2.24) is 24.8 Å². The number of para-hydroxylation sites is 1. The van der Waals surface area contributed by atoms with Crippen molar-refractivity contribution in [3.8, 4) is 22.2 Å². The summed E-state index contributed by atoms with van der Waals surface area (Å²) in [5.74, 6) is 0.0747. The van der Waals surface area contributed by atoms with Crippen LogP contribution in [0.4, 0.5) is 5.69 Å². The fraction of sp³-hybridized carbons (Fsp3) is 0.0645. The molecule has 0 atom stereocenters. The molecule has 208 valence electrons. The molecule has 42 heavy (non-hydrogen) atoms. The number of fused-ring (bicyclic) bond motifs is 1. The minimum atomic E-state index is -0.554. The van der Waals surface area contributed by atoms with Crippen LogP contribution in [0.2, 0.25) is 0 Å². The molecule has 6 rings (SSSR count). The van der Waals surface area contributed by atoms with Gasteiger partial charge in [0.1, 0.15) is 23.8 Å². The summed E-state index contributed by atoms with van der Waals surface area (Å²) in [6, 6.07) is 25.4. The zero-order valence-electron chi connectivity index (χ0n) is 22.1. The van der Waals surface area contributed by atoms with E-state index in [-0.39, 0.29) is 18.8 Å². The van der Waals surface area contributed by atoms with Gasteiger partial charge in [-0.05, 0) is 36.4 Å². The number of nitrogens with zero attached hydrogens (tertiary/aromatic N) is 3. The number of aromatic nitrogens is 4. The summed E-state index contributed by atoms with van der Waals surface area (Å²) in [5, 5.41) is 6.96. The third-order valence-corrected chi connectivity index (χ3v) is 7.31. The van der Waals surface area contributed by atoms with Gasteiger partial charge in [0.05, 0.1) is 17.6 Å². The van der Waals surface area contributed by atoms with Gasteiger partial charge in [0.2, 0.25) is 5.91 Å². The SMILES string of the molecule is O=C(Cn1c(-c2ccccc2)ncc(NC(=O)c2ccc(Oc3ccccc3)s2)c1=O)NCc1cc2cnccc2[nH]1. The molecule has 11 heteroatoms. The van der Waals surface area contributed by atoms with Crippen LogP contribution in [0.15, 0.2) is 108 Å². The highest BCUT2D eigenvalue weighted by atomic mass is 32.1. The minimum Gasteiger partial charge on any atom is -0.447 e. The van der Waals surface area contributed by atoms with Crippen LogP contribution in [-0.2, 0) is 17.9 Å². The van der Waals surface area contributed by atoms with Crippen LogP contribution in [0.5, 0.6) is 10.8 Å². The fourth-order valence-electron chi connectivity index (χ4n) is 4.35. The van der Waals surface area contributed by atoms with E-state index >= 15 is 0 Å². The van der Waals surface area contributed by atoms with Crippen LogP contribution in [-0.4, -0.2) is 31.3 Å². The maximum absolute atomic E-state index is 13.6. The molecule has 0 aliphatic carbocycles. The molecule has 2 amide bonds. The number of amides is 2. The molecule has 0 saturated heterocycles. The molecule has 0 bridgehead atoms. The number of rotatable bonds is 9. The lowest BCUT2D eigenvalue weighted by atomic mass is 10.2. The second-order valence-electron chi connectivity index (χ2n) is 9.27. The Balaban J connectivity index is 1.21. The molecule has 4 aromatic heterocycles. The number of hydrogen-bond acceptors (Lipinski definition) is 7. The number of pyridine rings is 1. The number of ether oxygens (including phenoxy) is 1. The Labute approximate surface area is 243 Å². The van der Waals surface area contributed by atoms with Gasteiger partial charge >= 0.3 is 0 Å². The number of hydrogen-bond donors (Lipinski definition) is 3. The topological polar surface area (TPSA) is 131 Å². The second kappa shape index (κ2) is 11.9. The highest BCUT2D eigenvalue weighted by molar-refractivity contribution is 7.15. The molecular formula is C31H24N6O4S. The minimum absolute atomic E-state index is 0.0467. The van der Waals surface area contributed by atoms with Crippen LogP contribution in [0, 0.1) is 0 Å². The third-order valence-electron chi connectivity index (χ3n) is 6.35. The first kappa shape index (κ1) is 26.7. The van der Waals surface area contributed by atoms with Gasteiger partial charge in [-0.2, -0.15) is 0 Å². The van der Waals surface area contributed by atoms with Crippen molar-refractivity contribution in [1.29, 1.82) is 0 Å². The summed E-state index contributed by atoms with van der Waals surface area (Å²) < 4.78 is 7.05. The lowest BCUT2D eigenvalue weighted by molar-refractivity contribution is -0.121. The van der Waals surface area contributed by atoms with Crippen molar-refractivity contribution in [3.05, 3.63) is 124 Å². The number of H-pyrrole nitrogens is 1. The Kier molecular flexibility index (Phi) is 7.56. The standard InChI is InChI=1S/C31H24N6O4S/c38-27(33-17-22-15-21-16-32-14-13-24(21)35-22)19-37-29(20-7-3-1-4-8-20)34-18-25(31(37)40)36-30(39)26-11-12-28(42-26)41-23-9-5-2-6-10-23/h1-16,18,35H,17,19H2,(H,33,38)(H,36,39). The third kappa shape index (κ3) is 5.96. The number of aromatic amines is 1. The van der Waals surface area contributed by atoms with Crippen molar-refractivity contribution in [2.75, 3.05) is 5.32 Å². The predicted octanol–water partition coefficient (Wildman–Crippen LogP) is 5.21. The summed E-state index contributed by atoms with van der Waals surface area (Å²) >= 11 is 1.15. The lowest BCUT2D eigenvalue weighted by Crippen LogP contribution is -2.34. The first-order valence-electron chi connectivity index (χ1n) is 13.0. The number of nitrogens with one attached hydrogen (secondary N) is 3. The van der Waals surface area contributed by atoms with Crippen LogP contribution in [0.1, 0.15) is 15.4 Å². The van der Waals surface area contributed by atoms with Gasteiger partial charge in [-0.25, -0.2) is 4.98 Å². The molecule has 4 heterocycles. The van der Waals surface area contributed by atoms with Gasteiger partial charge in [0.15, 0.2) is 5.06 Å². The Bertz CT molecular complexity index is 1900. The number of carbonyl (C=O) groups excluding carboxylic acids is 2. The monoisotopic (exact) mass is 576 g/mol. The van der Waals surface area contributed by atoms with Gasteiger partial charge in [-0.15, -0.1) is 0 Å². The molecule has 0 aliphatic rings. The maximum atomic E-state index is 13.6. The highest BCUT2D eigenvalue weighted by Gasteiger charge is 2.18. The molecule has 0 saturated carbocycles. The summed E-state index contributed by atoms with van der Waals surface area (Å²) in [7, 11) is 0. The molecule has 2 aromatic carbocycles. The Morgan fingerprint density at radius 3 is 2.52 bits per heavy atom. The van der Waals surface area contributed by atoms with E-state index in [0.29, 0.717) is 27.1 Å². The van der Waals surface area contributed by atoms with Gasteiger partial charge in [-0.3, -0.25) is 23.9 Å². The summed E-state index contributed by atoms with van der Waals surface area (Å²) in [6.45, 7) is -0.0613. The van der Waals surface area contributed by atoms with Crippen molar-refractivity contribution in [3.63, 3.8) is 0 Å². The second-order valence-corrected chi connectivity index (χ2v) is 10.3. The van der Waals surface area contributed by atoms with Gasteiger partial charge in [0, 0.05) is 34.6 Å². The van der Waals surface area contributed by atoms with Crippen LogP contribution in [0.3, 0.4) is 0 Å². The Morgan fingerprint density at radius 1 is 0.952 bits per heavy atom. The molecule has 0 fully saturated rings. The highest BCUT2D eigenvalue weighted by Crippen LogP contribution is 2.29. The smallest absolute Gasteiger partial charge is 0.278 e. The fourth-order valence-corrected chi connectivity index (χ4v) is 5.12. The van der Waals surface area contributed by atoms with Crippen molar-refractivity contribution >= 4 is 39.7 Å². The van der Waals surface area contributed by atoms with Crippen molar-refractivity contribution in [2.24, 2.45) is 0 Å². The molecule has 3 N–H and O–H groups in total. The van der Waals surface area contributed by atoms with Crippen molar-refractivity contribution in [2.45, 2.75) is 13.1 Å². The Hall–Kier alpha value is -5.55. The lowest BCUT2D eigenvalue weighted by Gasteiger charge is -2.14. The van der Waals surface area contributed by atoms with Crippen LogP contribution in [0.25, 0.3) is 22.3 Å². The van der Waals surface area contributed by atoms with Crippen molar-refractivity contribution < 1.29 is 14.3 Å². The summed E-state index contributed by atoms with van der Waals surface area (Å²) in [6.07, 6.45) is 4.74. The molecule has 6 aromatic rings. The van der Waals surface area contributed by atoms with E-state index in [9.17, 15) is 14.4 Å². The van der Waals surface area contributed by atoms with Crippen LogP contribution >= 0.6 is 11.3 Å². The van der Waals surface area contributed by atoms with E-state index in [0.717, 1.165) is 27.9 Å². The molecular weight excluding hydrogens is 552 g/mol. The molecule has 0 unspecified atom stereocenters. The van der Waals surface area contributed by atoms with Gasteiger partial charge in [0.25, 0.3) is 11.5 Å². The summed E-state index contributed by atoms with van der Waals surface area (Å²) in [4.78, 5) is 51.8. The van der Waals surface area contributed by atoms with E-state index < -0.39 is 17.4 Å². The average Bonchev–Trinajstić information content (AvgIpc) is 3.66. The molecule has 0 aliphatic heterocycles. The van der Waals surface area contributed by atoms with E-state index in [1.807, 2.05) is 60.7 Å². The number of anilines is 1. The quantitative estimate of drug-likeness (QED) is 0.217. The van der Waals surface area contributed by atoms with E-state index in [2.05, 4.69) is 25.6 Å². The number of carbonyl (C=O) groups is 2. The maximum Gasteiger partial charge on any atom is 0.278 e. The first-order valence-corrected chi connectivity index (χ1v) is 13.8. The van der Waals surface area contributed by atoms with Gasteiger partial charge in [-0.1, -0.05) is 59.9 Å². The predicted molar refractivity (Wildman–Crippen MR) is 161 cm³/mol. The molecule has 0 spiro atoms. The van der Waals surface area contributed by atoms with E-state index in [4.69, 9.17) is 4.74 Å². The normalized spacial score (nSPS) is 10.9. The average molecular weight is 577 g/mol. The number of thiophene rings is 1. The van der Waals surface area contributed by atoms with E-state index in [1.165, 1.54) is 10.8 Å². The number of benzene rings is 2. The Morgan fingerprint density at radius 2 is 1.74 bits per heavy atom. The first-order chi connectivity index (χ1) is 20.5. The summed E-state index contributed by atoms with van der Waals surface area (Å²) in [5.41, 5.74) is 1.77. The molecule has 10 nitrogen and oxygen atoms in total. The van der Waals surface area contributed by atoms with Gasteiger partial charge < -0.3 is 20.4 Å². The zero-order chi connectivity index (χ0) is 28.9. The molecule has 0 radical (unpaired) electrons.